The molecule has 164 valence electrons. The molecule has 0 unspecified atom stereocenters. The number of hydrogen-bond acceptors (Lipinski definition) is 5. The number of nitrogens with one attached hydrogen (secondary N) is 2. The van der Waals surface area contributed by atoms with Gasteiger partial charge in [-0.1, -0.05) is 32.6 Å². The first kappa shape index (κ1) is 22.1. The van der Waals surface area contributed by atoms with Crippen molar-refractivity contribution in [1.29, 1.82) is 0 Å². The van der Waals surface area contributed by atoms with Gasteiger partial charge in [0.2, 0.25) is 11.8 Å². The molecule has 2 N–H and O–H groups in total. The van der Waals surface area contributed by atoms with Gasteiger partial charge in [-0.25, -0.2) is 9.67 Å². The van der Waals surface area contributed by atoms with Crippen LogP contribution in [0.3, 0.4) is 0 Å². The number of nitrogens with zero attached hydrogens (tertiary/aromatic N) is 3. The number of ether oxygens (including phenoxy) is 1. The molecule has 0 aliphatic heterocycles. The third-order valence-electron chi connectivity index (χ3n) is 5.76. The van der Waals surface area contributed by atoms with Crippen molar-refractivity contribution in [3.63, 3.8) is 0 Å². The highest BCUT2D eigenvalue weighted by Crippen LogP contribution is 2.29. The van der Waals surface area contributed by atoms with Crippen molar-refractivity contribution < 1.29 is 14.3 Å². The van der Waals surface area contributed by atoms with Gasteiger partial charge in [0.15, 0.2) is 12.3 Å². The summed E-state index contributed by atoms with van der Waals surface area (Å²) in [4.78, 5) is 30.1. The highest BCUT2D eigenvalue weighted by Gasteiger charge is 2.40. The van der Waals surface area contributed by atoms with E-state index in [0.717, 1.165) is 54.4 Å². The zero-order chi connectivity index (χ0) is 21.7. The highest BCUT2D eigenvalue weighted by atomic mass is 16.5. The second-order valence-corrected chi connectivity index (χ2v) is 8.30. The molecule has 2 heterocycles. The number of amides is 2. The summed E-state index contributed by atoms with van der Waals surface area (Å²) >= 11 is 0. The summed E-state index contributed by atoms with van der Waals surface area (Å²) in [6.45, 7) is 6.44. The van der Waals surface area contributed by atoms with Gasteiger partial charge in [0.1, 0.15) is 5.54 Å². The summed E-state index contributed by atoms with van der Waals surface area (Å²) in [5.41, 5.74) is 1.79. The fraction of sp³-hybridized carbons (Fsp3) is 0.636. The quantitative estimate of drug-likeness (QED) is 0.646. The summed E-state index contributed by atoms with van der Waals surface area (Å²) in [5.74, 6) is -0.000356. The van der Waals surface area contributed by atoms with E-state index in [2.05, 4.69) is 27.6 Å². The van der Waals surface area contributed by atoms with Gasteiger partial charge >= 0.3 is 0 Å². The molecule has 2 amide bonds. The highest BCUT2D eigenvalue weighted by molar-refractivity contribution is 5.92. The van der Waals surface area contributed by atoms with Crippen LogP contribution in [-0.4, -0.2) is 45.3 Å². The number of aromatic nitrogens is 3. The first-order chi connectivity index (χ1) is 14.4. The maximum Gasteiger partial charge on any atom is 0.258 e. The molecule has 0 atom stereocenters. The van der Waals surface area contributed by atoms with E-state index < -0.39 is 5.54 Å². The number of carbonyl (C=O) groups excluding carboxylic acids is 2. The molecule has 8 nitrogen and oxygen atoms in total. The van der Waals surface area contributed by atoms with E-state index in [-0.39, 0.29) is 18.4 Å². The zero-order valence-corrected chi connectivity index (χ0v) is 18.5. The fourth-order valence-electron chi connectivity index (χ4n) is 4.20. The summed E-state index contributed by atoms with van der Waals surface area (Å²) in [6.07, 6.45) is 6.20. The predicted octanol–water partition coefficient (Wildman–Crippen LogP) is 2.70. The topological polar surface area (TPSA) is 98.1 Å². The van der Waals surface area contributed by atoms with Crippen molar-refractivity contribution in [2.45, 2.75) is 71.3 Å². The third-order valence-corrected chi connectivity index (χ3v) is 5.76. The predicted molar refractivity (Wildman–Crippen MR) is 115 cm³/mol. The molecular weight excluding hydrogens is 382 g/mol. The molecule has 1 aliphatic rings. The molecule has 0 aromatic carbocycles. The molecule has 1 aliphatic carbocycles. The number of carbonyl (C=O) groups is 2. The van der Waals surface area contributed by atoms with Crippen LogP contribution in [0.15, 0.2) is 6.07 Å². The van der Waals surface area contributed by atoms with E-state index in [0.29, 0.717) is 25.3 Å². The summed E-state index contributed by atoms with van der Waals surface area (Å²) in [7, 11) is 1.80. The SMILES string of the molecule is CCCCNC(=O)C1(NC(=O)COc2nn(C)c3nc(C)cc(C)c23)CCCCC1. The average Bonchev–Trinajstić information content (AvgIpc) is 3.03. The summed E-state index contributed by atoms with van der Waals surface area (Å²) < 4.78 is 7.43. The third kappa shape index (κ3) is 4.74. The normalized spacial score (nSPS) is 15.7. The van der Waals surface area contributed by atoms with E-state index in [1.54, 1.807) is 11.7 Å². The van der Waals surface area contributed by atoms with Crippen LogP contribution in [0.4, 0.5) is 0 Å². The Labute approximate surface area is 177 Å². The fourth-order valence-corrected chi connectivity index (χ4v) is 4.20. The monoisotopic (exact) mass is 415 g/mol. The van der Waals surface area contributed by atoms with Gasteiger partial charge in [-0.15, -0.1) is 5.10 Å². The second kappa shape index (κ2) is 9.45. The Morgan fingerprint density at radius 3 is 2.67 bits per heavy atom. The molecule has 0 spiro atoms. The number of fused-ring (bicyclic) bond motifs is 1. The number of hydrogen-bond donors (Lipinski definition) is 2. The Bertz CT molecular complexity index is 915. The van der Waals surface area contributed by atoms with Crippen LogP contribution in [0.5, 0.6) is 5.88 Å². The smallest absolute Gasteiger partial charge is 0.258 e. The van der Waals surface area contributed by atoms with E-state index in [4.69, 9.17) is 4.74 Å². The van der Waals surface area contributed by atoms with Crippen molar-refractivity contribution in [1.82, 2.24) is 25.4 Å². The minimum absolute atomic E-state index is 0.0807. The first-order valence-corrected chi connectivity index (χ1v) is 10.9. The van der Waals surface area contributed by atoms with Crippen molar-refractivity contribution >= 4 is 22.8 Å². The van der Waals surface area contributed by atoms with E-state index in [1.807, 2.05) is 19.9 Å². The lowest BCUT2D eigenvalue weighted by atomic mass is 9.80. The van der Waals surface area contributed by atoms with Crippen molar-refractivity contribution in [2.75, 3.05) is 13.2 Å². The molecule has 0 saturated heterocycles. The minimum Gasteiger partial charge on any atom is -0.466 e. The molecule has 1 saturated carbocycles. The first-order valence-electron chi connectivity index (χ1n) is 10.9. The van der Waals surface area contributed by atoms with Crippen LogP contribution in [0.1, 0.15) is 63.1 Å². The standard InChI is InChI=1S/C22H33N5O3/c1-5-6-12-23-21(29)22(10-8-7-9-11-22)25-17(28)14-30-20-18-15(2)13-16(3)24-19(18)27(4)26-20/h13H,5-12,14H2,1-4H3,(H,23,29)(H,25,28). The van der Waals surface area contributed by atoms with Gasteiger partial charge in [0.25, 0.3) is 5.91 Å². The van der Waals surface area contributed by atoms with Gasteiger partial charge in [0.05, 0.1) is 5.39 Å². The minimum atomic E-state index is -0.840. The zero-order valence-electron chi connectivity index (χ0n) is 18.5. The molecule has 0 radical (unpaired) electrons. The van der Waals surface area contributed by atoms with Gasteiger partial charge < -0.3 is 15.4 Å². The molecule has 8 heteroatoms. The molecule has 1 fully saturated rings. The van der Waals surface area contributed by atoms with Crippen LogP contribution < -0.4 is 15.4 Å². The Hall–Kier alpha value is -2.64. The van der Waals surface area contributed by atoms with E-state index in [1.165, 1.54) is 0 Å². The van der Waals surface area contributed by atoms with Gasteiger partial charge in [0, 0.05) is 19.3 Å². The largest absolute Gasteiger partial charge is 0.466 e. The summed E-state index contributed by atoms with van der Waals surface area (Å²) in [5, 5.41) is 11.2. The van der Waals surface area contributed by atoms with Gasteiger partial charge in [-0.05, 0) is 44.7 Å². The van der Waals surface area contributed by atoms with E-state index in [9.17, 15) is 9.59 Å². The van der Waals surface area contributed by atoms with Crippen molar-refractivity contribution in [2.24, 2.45) is 7.05 Å². The molecule has 0 bridgehead atoms. The van der Waals surface area contributed by atoms with Crippen LogP contribution in [-0.2, 0) is 16.6 Å². The van der Waals surface area contributed by atoms with Crippen molar-refractivity contribution in [3.05, 3.63) is 17.3 Å². The maximum atomic E-state index is 12.9. The summed E-state index contributed by atoms with van der Waals surface area (Å²) in [6, 6.07) is 1.97. The Kier molecular flexibility index (Phi) is 6.95. The molecule has 3 rings (SSSR count). The van der Waals surface area contributed by atoms with Crippen LogP contribution in [0.2, 0.25) is 0 Å². The Balaban J connectivity index is 1.69. The van der Waals surface area contributed by atoms with Crippen LogP contribution in [0.25, 0.3) is 11.0 Å². The van der Waals surface area contributed by atoms with Crippen LogP contribution >= 0.6 is 0 Å². The molecule has 30 heavy (non-hydrogen) atoms. The van der Waals surface area contributed by atoms with Gasteiger partial charge in [-0.3, -0.25) is 9.59 Å². The van der Waals surface area contributed by atoms with Gasteiger partial charge in [-0.2, -0.15) is 0 Å². The lowest BCUT2D eigenvalue weighted by Crippen LogP contribution is -2.60. The lowest BCUT2D eigenvalue weighted by Gasteiger charge is -2.36. The molecule has 2 aromatic heterocycles. The lowest BCUT2D eigenvalue weighted by molar-refractivity contribution is -0.136. The van der Waals surface area contributed by atoms with E-state index >= 15 is 0 Å². The molecular formula is C22H33N5O3. The van der Waals surface area contributed by atoms with Crippen molar-refractivity contribution in [3.8, 4) is 5.88 Å². The number of rotatable bonds is 8. The van der Waals surface area contributed by atoms with Crippen LogP contribution in [0, 0.1) is 13.8 Å². The number of aryl methyl sites for hydroxylation is 3. The maximum absolute atomic E-state index is 12.9. The number of pyridine rings is 1. The molecule has 2 aromatic rings. The average molecular weight is 416 g/mol. The Morgan fingerprint density at radius 1 is 1.23 bits per heavy atom. The number of unbranched alkanes of at least 4 members (excludes halogenated alkanes) is 1. The second-order valence-electron chi connectivity index (χ2n) is 8.30. The Morgan fingerprint density at radius 2 is 1.97 bits per heavy atom.